The molecular weight excluding hydrogens is 394 g/mol. The Morgan fingerprint density at radius 1 is 1.17 bits per heavy atom. The van der Waals surface area contributed by atoms with Crippen molar-refractivity contribution in [2.75, 3.05) is 5.32 Å². The molecular formula is C21H16ClN3O4. The Labute approximate surface area is 170 Å². The van der Waals surface area contributed by atoms with E-state index in [1.807, 2.05) is 0 Å². The summed E-state index contributed by atoms with van der Waals surface area (Å²) in [5, 5.41) is 3.17. The lowest BCUT2D eigenvalue weighted by Gasteiger charge is -2.09. The molecule has 1 amide bonds. The van der Waals surface area contributed by atoms with E-state index in [1.54, 1.807) is 61.5 Å². The van der Waals surface area contributed by atoms with E-state index in [9.17, 15) is 9.59 Å². The fourth-order valence-electron chi connectivity index (χ4n) is 2.78. The Hall–Kier alpha value is -3.58. The van der Waals surface area contributed by atoms with Crippen molar-refractivity contribution < 1.29 is 14.1 Å². The number of benzene rings is 2. The maximum absolute atomic E-state index is 12.3. The van der Waals surface area contributed by atoms with E-state index in [-0.39, 0.29) is 18.1 Å². The van der Waals surface area contributed by atoms with Crippen molar-refractivity contribution in [2.24, 2.45) is 0 Å². The minimum atomic E-state index is -0.306. The molecule has 2 aromatic carbocycles. The van der Waals surface area contributed by atoms with E-state index in [2.05, 4.69) is 10.3 Å². The van der Waals surface area contributed by atoms with Crippen molar-refractivity contribution in [2.45, 2.75) is 13.5 Å². The number of hydrogen-bond acceptors (Lipinski definition) is 5. The Kier molecular flexibility index (Phi) is 5.05. The first-order valence-electron chi connectivity index (χ1n) is 8.78. The second kappa shape index (κ2) is 7.81. The van der Waals surface area contributed by atoms with Gasteiger partial charge in [0.05, 0.1) is 16.3 Å². The van der Waals surface area contributed by atoms with Gasteiger partial charge in [0.25, 0.3) is 11.5 Å². The standard InChI is InChI=1S/C21H16ClN3O4/c1-13-10-19-23-15(11-20(26)25(19)29-13)12-28-16-8-6-14(7-9-16)24-21(27)17-4-2-3-5-18(17)22/h2-11H,12H2,1H3,(H,24,27). The van der Waals surface area contributed by atoms with Crippen LogP contribution in [0.4, 0.5) is 5.69 Å². The van der Waals surface area contributed by atoms with Gasteiger partial charge < -0.3 is 14.6 Å². The largest absolute Gasteiger partial charge is 0.487 e. The number of rotatable bonds is 5. The summed E-state index contributed by atoms with van der Waals surface area (Å²) in [5.74, 6) is 0.880. The molecule has 0 fully saturated rings. The number of nitrogens with zero attached hydrogens (tertiary/aromatic N) is 2. The summed E-state index contributed by atoms with van der Waals surface area (Å²) < 4.78 is 12.1. The third kappa shape index (κ3) is 4.14. The Morgan fingerprint density at radius 2 is 1.93 bits per heavy atom. The lowest BCUT2D eigenvalue weighted by Crippen LogP contribution is -2.14. The number of aromatic nitrogens is 2. The highest BCUT2D eigenvalue weighted by Crippen LogP contribution is 2.20. The molecule has 2 aromatic heterocycles. The smallest absolute Gasteiger partial charge is 0.287 e. The van der Waals surface area contributed by atoms with Gasteiger partial charge in [-0.05, 0) is 43.3 Å². The third-order valence-corrected chi connectivity index (χ3v) is 4.47. The van der Waals surface area contributed by atoms with Crippen LogP contribution in [0.1, 0.15) is 21.8 Å². The van der Waals surface area contributed by atoms with Crippen LogP contribution in [0.25, 0.3) is 5.65 Å². The van der Waals surface area contributed by atoms with Crippen molar-refractivity contribution >= 4 is 28.8 Å². The van der Waals surface area contributed by atoms with Crippen molar-refractivity contribution in [1.82, 2.24) is 9.56 Å². The SMILES string of the molecule is Cc1cc2nc(COc3ccc(NC(=O)c4ccccc4Cl)cc3)cc(=O)n2o1. The highest BCUT2D eigenvalue weighted by atomic mass is 35.5. The fraction of sp³-hybridized carbons (Fsp3) is 0.0952. The molecule has 0 atom stereocenters. The molecule has 7 nitrogen and oxygen atoms in total. The summed E-state index contributed by atoms with van der Waals surface area (Å²) in [6, 6.07) is 16.8. The minimum absolute atomic E-state index is 0.126. The predicted octanol–water partition coefficient (Wildman–Crippen LogP) is 4.08. The molecule has 0 saturated carbocycles. The number of hydrogen-bond donors (Lipinski definition) is 1. The fourth-order valence-corrected chi connectivity index (χ4v) is 3.00. The highest BCUT2D eigenvalue weighted by molar-refractivity contribution is 6.34. The van der Waals surface area contributed by atoms with E-state index in [0.717, 1.165) is 4.57 Å². The highest BCUT2D eigenvalue weighted by Gasteiger charge is 2.10. The molecule has 0 spiro atoms. The van der Waals surface area contributed by atoms with E-state index in [0.29, 0.717) is 39.1 Å². The summed E-state index contributed by atoms with van der Waals surface area (Å²) in [6.07, 6.45) is 0. The maximum atomic E-state index is 12.3. The monoisotopic (exact) mass is 409 g/mol. The van der Waals surface area contributed by atoms with Gasteiger partial charge >= 0.3 is 0 Å². The molecule has 1 N–H and O–H groups in total. The predicted molar refractivity (Wildman–Crippen MR) is 109 cm³/mol. The summed E-state index contributed by atoms with van der Waals surface area (Å²) in [7, 11) is 0. The van der Waals surface area contributed by atoms with Crippen molar-refractivity contribution in [3.63, 3.8) is 0 Å². The first kappa shape index (κ1) is 18.8. The van der Waals surface area contributed by atoms with Gasteiger partial charge in [-0.25, -0.2) is 4.98 Å². The Bertz CT molecular complexity index is 1250. The zero-order valence-corrected chi connectivity index (χ0v) is 16.1. The number of ether oxygens (including phenoxy) is 1. The average molecular weight is 410 g/mol. The summed E-state index contributed by atoms with van der Waals surface area (Å²) in [4.78, 5) is 28.7. The zero-order chi connectivity index (χ0) is 20.4. The number of anilines is 1. The topological polar surface area (TPSA) is 85.8 Å². The number of carbonyl (C=O) groups excluding carboxylic acids is 1. The van der Waals surface area contributed by atoms with Crippen LogP contribution in [0, 0.1) is 6.92 Å². The molecule has 4 aromatic rings. The first-order valence-corrected chi connectivity index (χ1v) is 9.16. The quantitative estimate of drug-likeness (QED) is 0.536. The molecule has 0 aliphatic heterocycles. The molecule has 0 aliphatic rings. The van der Waals surface area contributed by atoms with E-state index < -0.39 is 0 Å². The summed E-state index contributed by atoms with van der Waals surface area (Å²) in [5.41, 5.74) is 1.63. The first-order chi connectivity index (χ1) is 14.0. The van der Waals surface area contributed by atoms with Crippen molar-refractivity contribution in [3.8, 4) is 5.75 Å². The van der Waals surface area contributed by atoms with E-state index >= 15 is 0 Å². The van der Waals surface area contributed by atoms with Crippen LogP contribution >= 0.6 is 11.6 Å². The Morgan fingerprint density at radius 3 is 2.69 bits per heavy atom. The summed E-state index contributed by atoms with van der Waals surface area (Å²) >= 11 is 6.04. The van der Waals surface area contributed by atoms with Gasteiger partial charge in [-0.15, -0.1) is 4.57 Å². The summed E-state index contributed by atoms with van der Waals surface area (Å²) in [6.45, 7) is 1.87. The molecule has 4 rings (SSSR count). The number of fused-ring (bicyclic) bond motifs is 1. The van der Waals surface area contributed by atoms with Crippen molar-refractivity contribution in [3.05, 3.63) is 93.1 Å². The number of aryl methyl sites for hydroxylation is 1. The van der Waals surface area contributed by atoms with Gasteiger partial charge in [0.2, 0.25) is 0 Å². The average Bonchev–Trinajstić information content (AvgIpc) is 3.08. The molecule has 0 radical (unpaired) electrons. The zero-order valence-electron chi connectivity index (χ0n) is 15.4. The molecule has 146 valence electrons. The molecule has 2 heterocycles. The number of nitrogens with one attached hydrogen (secondary N) is 1. The minimum Gasteiger partial charge on any atom is -0.487 e. The van der Waals surface area contributed by atoms with Crippen LogP contribution in [0.5, 0.6) is 5.75 Å². The maximum Gasteiger partial charge on any atom is 0.287 e. The van der Waals surface area contributed by atoms with Crippen molar-refractivity contribution in [1.29, 1.82) is 0 Å². The van der Waals surface area contributed by atoms with Gasteiger partial charge in [-0.3, -0.25) is 9.59 Å². The van der Waals surface area contributed by atoms with E-state index in [4.69, 9.17) is 20.9 Å². The van der Waals surface area contributed by atoms with E-state index in [1.165, 1.54) is 6.07 Å². The second-order valence-electron chi connectivity index (χ2n) is 6.33. The lowest BCUT2D eigenvalue weighted by molar-refractivity contribution is 0.102. The molecule has 8 heteroatoms. The van der Waals surface area contributed by atoms with Crippen LogP contribution in [0.2, 0.25) is 5.02 Å². The number of halogens is 1. The molecule has 0 saturated heterocycles. The number of amides is 1. The van der Waals surface area contributed by atoms with Gasteiger partial charge in [0.15, 0.2) is 5.65 Å². The van der Waals surface area contributed by atoms with Crippen LogP contribution in [0.3, 0.4) is 0 Å². The molecule has 0 bridgehead atoms. The second-order valence-corrected chi connectivity index (χ2v) is 6.74. The van der Waals surface area contributed by atoms with Gasteiger partial charge in [0, 0.05) is 17.8 Å². The lowest BCUT2D eigenvalue weighted by atomic mass is 10.2. The number of carbonyl (C=O) groups is 1. The molecule has 29 heavy (non-hydrogen) atoms. The van der Waals surface area contributed by atoms with Gasteiger partial charge in [-0.1, -0.05) is 23.7 Å². The normalized spacial score (nSPS) is 10.8. The molecule has 0 aliphatic carbocycles. The van der Waals surface area contributed by atoms with Gasteiger partial charge in [0.1, 0.15) is 18.1 Å². The van der Waals surface area contributed by atoms with Crippen LogP contribution in [-0.2, 0) is 6.61 Å². The Balaban J connectivity index is 1.41. The van der Waals surface area contributed by atoms with Crippen LogP contribution in [0.15, 0.2) is 70.0 Å². The van der Waals surface area contributed by atoms with Gasteiger partial charge in [-0.2, -0.15) is 0 Å². The van der Waals surface area contributed by atoms with Crippen LogP contribution in [-0.4, -0.2) is 15.5 Å². The third-order valence-electron chi connectivity index (χ3n) is 4.14. The molecule has 0 unspecified atom stereocenters. The van der Waals surface area contributed by atoms with Crippen LogP contribution < -0.4 is 15.6 Å².